The molecule has 0 radical (unpaired) electrons. The number of pyridine rings is 1. The topological polar surface area (TPSA) is 53.9 Å². The summed E-state index contributed by atoms with van der Waals surface area (Å²) in [6.07, 6.45) is 12.8. The maximum Gasteiger partial charge on any atom is 0.109 e. The summed E-state index contributed by atoms with van der Waals surface area (Å²) < 4.78 is 0. The number of benzene rings is 2. The van der Waals surface area contributed by atoms with Gasteiger partial charge in [-0.15, -0.1) is 0 Å². The van der Waals surface area contributed by atoms with Crippen LogP contribution in [-0.4, -0.2) is 20.7 Å². The third kappa shape index (κ3) is 4.51. The van der Waals surface area contributed by atoms with Crippen molar-refractivity contribution >= 4 is 22.2 Å². The number of aliphatic imine (C=N–C) groups is 1. The van der Waals surface area contributed by atoms with Gasteiger partial charge < -0.3 is 4.98 Å². The molecule has 2 aliphatic carbocycles. The largest absolute Gasteiger partial charge is 0.341 e. The van der Waals surface area contributed by atoms with Gasteiger partial charge in [0.2, 0.25) is 0 Å². The molecule has 4 nitrogen and oxygen atoms in total. The van der Waals surface area contributed by atoms with E-state index in [9.17, 15) is 0 Å². The summed E-state index contributed by atoms with van der Waals surface area (Å²) >= 11 is 0. The Hall–Kier alpha value is -3.53. The number of imidazole rings is 1. The number of fused-ring (bicyclic) bond motifs is 1. The van der Waals surface area contributed by atoms with Crippen molar-refractivity contribution in [3.05, 3.63) is 78.4 Å². The van der Waals surface area contributed by atoms with Gasteiger partial charge in [0, 0.05) is 29.6 Å². The minimum Gasteiger partial charge on any atom is -0.341 e. The Balaban J connectivity index is 1.06. The molecule has 7 rings (SSSR count). The molecule has 2 fully saturated rings. The van der Waals surface area contributed by atoms with Crippen molar-refractivity contribution in [2.24, 2.45) is 22.7 Å². The molecule has 0 unspecified atom stereocenters. The average molecular weight is 501 g/mol. The molecule has 0 saturated heterocycles. The van der Waals surface area contributed by atoms with Crippen LogP contribution in [0.15, 0.2) is 72.0 Å². The number of nitrogens with zero attached hydrogens (tertiary/aromatic N) is 3. The van der Waals surface area contributed by atoms with Crippen LogP contribution in [0.4, 0.5) is 0 Å². The molecule has 3 aliphatic rings. The van der Waals surface area contributed by atoms with E-state index in [1.54, 1.807) is 0 Å². The first-order valence-corrected chi connectivity index (χ1v) is 14.4. The second-order valence-corrected chi connectivity index (χ2v) is 12.0. The number of rotatable bonds is 5. The van der Waals surface area contributed by atoms with Crippen molar-refractivity contribution < 1.29 is 0 Å². The zero-order valence-corrected chi connectivity index (χ0v) is 22.5. The second-order valence-electron chi connectivity index (χ2n) is 12.0. The Kier molecular flexibility index (Phi) is 5.99. The summed E-state index contributed by atoms with van der Waals surface area (Å²) in [5, 5.41) is 1.15. The van der Waals surface area contributed by atoms with E-state index in [0.29, 0.717) is 11.8 Å². The van der Waals surface area contributed by atoms with Crippen molar-refractivity contribution in [1.82, 2.24) is 15.0 Å². The average Bonchev–Trinajstić information content (AvgIpc) is 3.75. The molecule has 2 aromatic carbocycles. The van der Waals surface area contributed by atoms with Gasteiger partial charge in [0.25, 0.3) is 0 Å². The lowest BCUT2D eigenvalue weighted by molar-refractivity contribution is 0.588. The Bertz CT molecular complexity index is 1540. The zero-order valence-electron chi connectivity index (χ0n) is 22.5. The normalized spacial score (nSPS) is 25.2. The lowest BCUT2D eigenvalue weighted by Gasteiger charge is -2.11. The van der Waals surface area contributed by atoms with Crippen LogP contribution in [0.3, 0.4) is 0 Å². The molecule has 38 heavy (non-hydrogen) atoms. The summed E-state index contributed by atoms with van der Waals surface area (Å²) in [7, 11) is 0. The Morgan fingerprint density at radius 2 is 1.50 bits per heavy atom. The van der Waals surface area contributed by atoms with Crippen LogP contribution in [0, 0.1) is 17.8 Å². The number of H-pyrrole nitrogens is 1. The number of allylic oxidation sites excluding steroid dienone is 1. The quantitative estimate of drug-likeness (QED) is 0.298. The molecular formula is C34H36N4. The van der Waals surface area contributed by atoms with Gasteiger partial charge in [-0.1, -0.05) is 56.7 Å². The summed E-state index contributed by atoms with van der Waals surface area (Å²) in [4.78, 5) is 18.0. The minimum absolute atomic E-state index is 0.559. The zero-order chi connectivity index (χ0) is 25.6. The molecule has 4 heteroatoms. The first kappa shape index (κ1) is 23.6. The molecule has 3 heterocycles. The van der Waals surface area contributed by atoms with Gasteiger partial charge in [0.05, 0.1) is 23.1 Å². The Morgan fingerprint density at radius 3 is 2.26 bits per heavy atom. The molecule has 4 aromatic rings. The predicted octanol–water partition coefficient (Wildman–Crippen LogP) is 8.82. The van der Waals surface area contributed by atoms with Crippen LogP contribution in [-0.2, 0) is 0 Å². The minimum atomic E-state index is 0.559. The fourth-order valence-corrected chi connectivity index (χ4v) is 6.84. The summed E-state index contributed by atoms with van der Waals surface area (Å²) in [5.41, 5.74) is 9.46. The molecule has 0 amide bonds. The van der Waals surface area contributed by atoms with E-state index in [1.165, 1.54) is 66.5 Å². The third-order valence-corrected chi connectivity index (χ3v) is 9.16. The van der Waals surface area contributed by atoms with Crippen molar-refractivity contribution in [3.8, 4) is 22.5 Å². The second kappa shape index (κ2) is 9.65. The van der Waals surface area contributed by atoms with Gasteiger partial charge in [-0.05, 0) is 90.3 Å². The van der Waals surface area contributed by atoms with E-state index in [2.05, 4.69) is 79.6 Å². The molecule has 2 saturated carbocycles. The summed E-state index contributed by atoms with van der Waals surface area (Å²) in [6.45, 7) is 4.71. The van der Waals surface area contributed by atoms with E-state index in [1.807, 2.05) is 6.20 Å². The first-order chi connectivity index (χ1) is 18.6. The maximum atomic E-state index is 4.95. The molecule has 1 aliphatic heterocycles. The van der Waals surface area contributed by atoms with Crippen LogP contribution < -0.4 is 0 Å². The third-order valence-electron chi connectivity index (χ3n) is 9.16. The maximum absolute atomic E-state index is 4.95. The fraction of sp³-hybridized carbons (Fsp3) is 0.382. The standard InChI is InChI=1S/C34H36N4/c1-21-3-5-26(15-21)32-18-29(19-35-32)24-9-7-23(8-10-24)25-11-13-30-27(17-25)12-14-31(37-30)33-20-36-34(38-33)28-6-4-22(2)16-28/h7-14,17,19-22,26,28H,3-6,15-16,18H2,1-2H3,(H,36,38)/t21-,22-,26+,28+/m1/s1. The number of hydrogen-bond donors (Lipinski definition) is 1. The van der Waals surface area contributed by atoms with E-state index in [4.69, 9.17) is 15.0 Å². The van der Waals surface area contributed by atoms with Gasteiger partial charge in [-0.25, -0.2) is 9.97 Å². The van der Waals surface area contributed by atoms with Crippen molar-refractivity contribution in [2.75, 3.05) is 0 Å². The van der Waals surface area contributed by atoms with Crippen LogP contribution in [0.25, 0.3) is 39.0 Å². The molecule has 0 bridgehead atoms. The lowest BCUT2D eigenvalue weighted by Crippen LogP contribution is -2.09. The van der Waals surface area contributed by atoms with Crippen LogP contribution in [0.2, 0.25) is 0 Å². The Morgan fingerprint density at radius 1 is 0.763 bits per heavy atom. The van der Waals surface area contributed by atoms with E-state index < -0.39 is 0 Å². The monoisotopic (exact) mass is 500 g/mol. The highest BCUT2D eigenvalue weighted by molar-refractivity contribution is 6.00. The lowest BCUT2D eigenvalue weighted by atomic mass is 9.93. The molecule has 1 N–H and O–H groups in total. The fourth-order valence-electron chi connectivity index (χ4n) is 6.84. The van der Waals surface area contributed by atoms with Gasteiger partial charge >= 0.3 is 0 Å². The SMILES string of the molecule is C[C@@H]1CC[C@H](C2=NC=C(c3ccc(-c4ccc5nc(-c6cnc([C@H]7CC[C@@H](C)C7)[nH]6)ccc5c4)cc3)C2)C1. The van der Waals surface area contributed by atoms with Crippen molar-refractivity contribution in [3.63, 3.8) is 0 Å². The molecule has 0 spiro atoms. The van der Waals surface area contributed by atoms with Gasteiger partial charge in [0.1, 0.15) is 5.82 Å². The molecular weight excluding hydrogens is 464 g/mol. The van der Waals surface area contributed by atoms with Crippen LogP contribution in [0.5, 0.6) is 0 Å². The van der Waals surface area contributed by atoms with Crippen molar-refractivity contribution in [1.29, 1.82) is 0 Å². The predicted molar refractivity (Wildman–Crippen MR) is 157 cm³/mol. The van der Waals surface area contributed by atoms with E-state index in [0.717, 1.165) is 46.4 Å². The first-order valence-electron chi connectivity index (χ1n) is 14.4. The number of nitrogens with one attached hydrogen (secondary N) is 1. The highest BCUT2D eigenvalue weighted by Gasteiger charge is 2.28. The molecule has 2 aromatic heterocycles. The number of aromatic nitrogens is 3. The van der Waals surface area contributed by atoms with E-state index >= 15 is 0 Å². The highest BCUT2D eigenvalue weighted by atomic mass is 14.9. The molecule has 192 valence electrons. The number of hydrogen-bond acceptors (Lipinski definition) is 3. The highest BCUT2D eigenvalue weighted by Crippen LogP contribution is 2.38. The van der Waals surface area contributed by atoms with Gasteiger partial charge in [-0.2, -0.15) is 0 Å². The summed E-state index contributed by atoms with van der Waals surface area (Å²) in [6, 6.07) is 19.8. The van der Waals surface area contributed by atoms with Crippen molar-refractivity contribution in [2.45, 2.75) is 64.7 Å². The smallest absolute Gasteiger partial charge is 0.109 e. The van der Waals surface area contributed by atoms with Gasteiger partial charge in [0.15, 0.2) is 0 Å². The van der Waals surface area contributed by atoms with Crippen LogP contribution >= 0.6 is 0 Å². The van der Waals surface area contributed by atoms with Gasteiger partial charge in [-0.3, -0.25) is 4.99 Å². The Labute approximate surface area is 225 Å². The summed E-state index contributed by atoms with van der Waals surface area (Å²) in [5.74, 6) is 4.01. The molecule has 4 atom stereocenters. The van der Waals surface area contributed by atoms with Crippen LogP contribution in [0.1, 0.15) is 76.1 Å². The van der Waals surface area contributed by atoms with E-state index in [-0.39, 0.29) is 0 Å². The number of aromatic amines is 1.